The van der Waals surface area contributed by atoms with E-state index in [1.807, 2.05) is 11.8 Å². The van der Waals surface area contributed by atoms with Gasteiger partial charge < -0.3 is 5.32 Å². The first-order chi connectivity index (χ1) is 5.85. The van der Waals surface area contributed by atoms with Crippen LogP contribution in [0.5, 0.6) is 0 Å². The predicted molar refractivity (Wildman–Crippen MR) is 54.7 cm³/mol. The zero-order valence-corrected chi connectivity index (χ0v) is 8.41. The number of aliphatic imine (C=N–C) groups is 1. The summed E-state index contributed by atoms with van der Waals surface area (Å²) in [5, 5.41) is 4.62. The fourth-order valence-corrected chi connectivity index (χ4v) is 2.27. The molecule has 1 N–H and O–H groups in total. The lowest BCUT2D eigenvalue weighted by molar-refractivity contribution is 0.483. The van der Waals surface area contributed by atoms with Crippen molar-refractivity contribution < 1.29 is 0 Å². The van der Waals surface area contributed by atoms with Crippen LogP contribution >= 0.6 is 11.8 Å². The quantitative estimate of drug-likeness (QED) is 0.724. The Kier molecular flexibility index (Phi) is 2.31. The Hall–Kier alpha value is -0.180. The standard InChI is InChI=1S/C9H16N2S/c1-2-9(3-4-9)7-11-8-10-5-6-12-8/h2-7H2,1H3,(H,10,11). The molecule has 2 rings (SSSR count). The van der Waals surface area contributed by atoms with Crippen molar-refractivity contribution in [3.05, 3.63) is 0 Å². The smallest absolute Gasteiger partial charge is 0.156 e. The van der Waals surface area contributed by atoms with E-state index in [9.17, 15) is 0 Å². The van der Waals surface area contributed by atoms with Crippen molar-refractivity contribution in [2.75, 3.05) is 18.8 Å². The maximum atomic E-state index is 4.37. The summed E-state index contributed by atoms with van der Waals surface area (Å²) in [6.45, 7) is 4.44. The molecular weight excluding hydrogens is 168 g/mol. The molecule has 0 amide bonds. The normalized spacial score (nSPS) is 25.2. The maximum absolute atomic E-state index is 4.37. The summed E-state index contributed by atoms with van der Waals surface area (Å²) >= 11 is 1.86. The molecule has 1 saturated carbocycles. The highest BCUT2D eigenvalue weighted by Gasteiger charge is 2.40. The van der Waals surface area contributed by atoms with Crippen molar-refractivity contribution in [3.63, 3.8) is 0 Å². The largest absolute Gasteiger partial charge is 0.364 e. The van der Waals surface area contributed by atoms with Gasteiger partial charge in [0.25, 0.3) is 0 Å². The summed E-state index contributed by atoms with van der Waals surface area (Å²) < 4.78 is 0. The molecule has 68 valence electrons. The monoisotopic (exact) mass is 184 g/mol. The van der Waals surface area contributed by atoms with Gasteiger partial charge in [0, 0.05) is 12.3 Å². The molecule has 3 heteroatoms. The van der Waals surface area contributed by atoms with E-state index in [-0.39, 0.29) is 0 Å². The molecule has 1 heterocycles. The fraction of sp³-hybridized carbons (Fsp3) is 0.889. The number of hydrogen-bond acceptors (Lipinski definition) is 3. The van der Waals surface area contributed by atoms with Gasteiger partial charge in [0.05, 0.1) is 6.54 Å². The second-order valence-corrected chi connectivity index (χ2v) is 4.83. The molecule has 1 aliphatic heterocycles. The minimum Gasteiger partial charge on any atom is -0.364 e. The summed E-state index contributed by atoms with van der Waals surface area (Å²) in [7, 11) is 0. The van der Waals surface area contributed by atoms with Gasteiger partial charge in [-0.1, -0.05) is 18.7 Å². The van der Waals surface area contributed by atoms with Crippen LogP contribution in [0.1, 0.15) is 26.2 Å². The highest BCUT2D eigenvalue weighted by atomic mass is 32.2. The van der Waals surface area contributed by atoms with Gasteiger partial charge in [-0.2, -0.15) is 0 Å². The number of nitrogens with zero attached hydrogens (tertiary/aromatic N) is 1. The highest BCUT2D eigenvalue weighted by Crippen LogP contribution is 2.47. The first kappa shape index (κ1) is 8.42. The van der Waals surface area contributed by atoms with Gasteiger partial charge in [0.15, 0.2) is 5.17 Å². The molecule has 0 bridgehead atoms. The van der Waals surface area contributed by atoms with E-state index in [1.165, 1.54) is 30.2 Å². The molecule has 12 heavy (non-hydrogen) atoms. The number of amidine groups is 1. The molecule has 2 nitrogen and oxygen atoms in total. The zero-order chi connectivity index (χ0) is 8.44. The molecule has 2 aliphatic rings. The van der Waals surface area contributed by atoms with Gasteiger partial charge in [0.2, 0.25) is 0 Å². The van der Waals surface area contributed by atoms with Gasteiger partial charge in [-0.25, -0.2) is 0 Å². The summed E-state index contributed by atoms with van der Waals surface area (Å²) in [5.41, 5.74) is 0.645. The highest BCUT2D eigenvalue weighted by molar-refractivity contribution is 8.14. The number of hydrogen-bond donors (Lipinski definition) is 1. The summed E-state index contributed by atoms with van der Waals surface area (Å²) in [4.78, 5) is 4.37. The first-order valence-corrected chi connectivity index (χ1v) is 5.74. The summed E-state index contributed by atoms with van der Waals surface area (Å²) in [6, 6.07) is 0. The average molecular weight is 184 g/mol. The molecule has 0 spiro atoms. The third kappa shape index (κ3) is 1.76. The summed E-state index contributed by atoms with van der Waals surface area (Å²) in [5.74, 6) is 1.17. The van der Waals surface area contributed by atoms with Crippen molar-refractivity contribution in [2.45, 2.75) is 26.2 Å². The Labute approximate surface area is 78.2 Å². The second kappa shape index (κ2) is 3.29. The molecule has 0 unspecified atom stereocenters. The third-order valence-corrected chi connectivity index (χ3v) is 3.84. The van der Waals surface area contributed by atoms with Crippen LogP contribution in [0, 0.1) is 5.41 Å². The van der Waals surface area contributed by atoms with E-state index in [2.05, 4.69) is 17.2 Å². The topological polar surface area (TPSA) is 24.4 Å². The molecule has 0 saturated heterocycles. The van der Waals surface area contributed by atoms with Crippen LogP contribution in [0.3, 0.4) is 0 Å². The fourth-order valence-electron chi connectivity index (χ4n) is 1.54. The van der Waals surface area contributed by atoms with Crippen LogP contribution in [-0.2, 0) is 0 Å². The lowest BCUT2D eigenvalue weighted by Gasteiger charge is -2.13. The Bertz CT molecular complexity index is 197. The Morgan fingerprint density at radius 3 is 2.92 bits per heavy atom. The molecule has 1 aliphatic carbocycles. The van der Waals surface area contributed by atoms with Gasteiger partial charge >= 0.3 is 0 Å². The average Bonchev–Trinajstić information content (AvgIpc) is 2.70. The van der Waals surface area contributed by atoms with Gasteiger partial charge in [-0.15, -0.1) is 0 Å². The second-order valence-electron chi connectivity index (χ2n) is 3.74. The number of nitrogens with one attached hydrogen (secondary N) is 1. The molecular formula is C9H16N2S. The van der Waals surface area contributed by atoms with E-state index >= 15 is 0 Å². The van der Waals surface area contributed by atoms with Gasteiger partial charge in [-0.3, -0.25) is 4.99 Å². The van der Waals surface area contributed by atoms with E-state index in [0.717, 1.165) is 13.1 Å². The third-order valence-electron chi connectivity index (χ3n) is 2.91. The van der Waals surface area contributed by atoms with Crippen molar-refractivity contribution in [1.82, 2.24) is 5.32 Å². The van der Waals surface area contributed by atoms with Crippen molar-refractivity contribution in [2.24, 2.45) is 10.4 Å². The SMILES string of the molecule is CCC1(CNC2=NCCS2)CC1. The molecule has 0 radical (unpaired) electrons. The Balaban J connectivity index is 1.74. The van der Waals surface area contributed by atoms with Crippen molar-refractivity contribution in [1.29, 1.82) is 0 Å². The van der Waals surface area contributed by atoms with Crippen molar-refractivity contribution >= 4 is 16.9 Å². The van der Waals surface area contributed by atoms with Crippen LogP contribution in [0.25, 0.3) is 0 Å². The molecule has 0 aromatic heterocycles. The van der Waals surface area contributed by atoms with E-state index in [4.69, 9.17) is 0 Å². The number of thioether (sulfide) groups is 1. The van der Waals surface area contributed by atoms with Gasteiger partial charge in [-0.05, 0) is 24.7 Å². The van der Waals surface area contributed by atoms with E-state index < -0.39 is 0 Å². The first-order valence-electron chi connectivity index (χ1n) is 4.76. The van der Waals surface area contributed by atoms with Gasteiger partial charge in [0.1, 0.15) is 0 Å². The lowest BCUT2D eigenvalue weighted by Crippen LogP contribution is -2.27. The van der Waals surface area contributed by atoms with E-state index in [1.54, 1.807) is 0 Å². The van der Waals surface area contributed by atoms with Crippen LogP contribution in [0.4, 0.5) is 0 Å². The van der Waals surface area contributed by atoms with Crippen LogP contribution in [0.15, 0.2) is 4.99 Å². The minimum atomic E-state index is 0.645. The number of rotatable bonds is 3. The van der Waals surface area contributed by atoms with Crippen molar-refractivity contribution in [3.8, 4) is 0 Å². The lowest BCUT2D eigenvalue weighted by atomic mass is 10.0. The maximum Gasteiger partial charge on any atom is 0.156 e. The minimum absolute atomic E-state index is 0.645. The zero-order valence-electron chi connectivity index (χ0n) is 7.60. The van der Waals surface area contributed by atoms with E-state index in [0.29, 0.717) is 5.41 Å². The van der Waals surface area contributed by atoms with Crippen LogP contribution in [-0.4, -0.2) is 24.0 Å². The predicted octanol–water partition coefficient (Wildman–Crippen LogP) is 1.87. The Morgan fingerprint density at radius 1 is 1.58 bits per heavy atom. The molecule has 0 aromatic carbocycles. The van der Waals surface area contributed by atoms with Crippen LogP contribution < -0.4 is 5.32 Å². The Morgan fingerprint density at radius 2 is 2.42 bits per heavy atom. The molecule has 0 aromatic rings. The summed E-state index contributed by atoms with van der Waals surface area (Å²) in [6.07, 6.45) is 4.14. The van der Waals surface area contributed by atoms with Crippen LogP contribution in [0.2, 0.25) is 0 Å². The molecule has 1 fully saturated rings. The molecule has 0 atom stereocenters.